The molecule has 1 amide bonds. The molecule has 3 rings (SSSR count). The lowest BCUT2D eigenvalue weighted by molar-refractivity contribution is 0.0940. The Balaban J connectivity index is 1.73. The van der Waals surface area contributed by atoms with Crippen molar-refractivity contribution in [1.29, 1.82) is 0 Å². The third kappa shape index (κ3) is 3.60. The molecule has 23 heavy (non-hydrogen) atoms. The summed E-state index contributed by atoms with van der Waals surface area (Å²) in [5.41, 5.74) is 2.39. The molecule has 3 aromatic rings. The van der Waals surface area contributed by atoms with Gasteiger partial charge in [0.2, 0.25) is 0 Å². The van der Waals surface area contributed by atoms with Crippen LogP contribution < -0.4 is 5.32 Å². The number of nitrogens with one attached hydrogen (secondary N) is 1. The number of amides is 1. The number of aromatic nitrogens is 2. The van der Waals surface area contributed by atoms with Gasteiger partial charge in [0, 0.05) is 11.2 Å². The molecule has 2 aromatic carbocycles. The Morgan fingerprint density at radius 1 is 1.17 bits per heavy atom. The Morgan fingerprint density at radius 3 is 2.70 bits per heavy atom. The number of hydrogen-bond acceptors (Lipinski definition) is 2. The van der Waals surface area contributed by atoms with E-state index in [2.05, 4.69) is 10.4 Å². The molecule has 0 aliphatic heterocycles. The number of halogens is 1. The lowest BCUT2D eigenvalue weighted by Gasteiger charge is -2.13. The summed E-state index contributed by atoms with van der Waals surface area (Å²) in [7, 11) is 0. The number of nitrogens with zero attached hydrogens (tertiary/aromatic N) is 2. The minimum atomic E-state index is -0.167. The van der Waals surface area contributed by atoms with Gasteiger partial charge in [-0.2, -0.15) is 5.10 Å². The maximum atomic E-state index is 12.4. The predicted octanol–water partition coefficient (Wildman–Crippen LogP) is 4.02. The molecule has 0 bridgehead atoms. The number of carbonyl (C=O) groups is 1. The van der Waals surface area contributed by atoms with Gasteiger partial charge in [0.15, 0.2) is 0 Å². The van der Waals surface area contributed by atoms with E-state index in [4.69, 9.17) is 11.6 Å². The van der Waals surface area contributed by atoms with E-state index in [0.717, 1.165) is 11.3 Å². The number of carbonyl (C=O) groups excluding carboxylic acids is 1. The first-order chi connectivity index (χ1) is 11.1. The van der Waals surface area contributed by atoms with E-state index in [9.17, 15) is 4.79 Å². The fourth-order valence-electron chi connectivity index (χ4n) is 2.30. The van der Waals surface area contributed by atoms with Gasteiger partial charge >= 0.3 is 0 Å². The third-order valence-corrected chi connectivity index (χ3v) is 3.80. The minimum absolute atomic E-state index is 0.138. The molecule has 1 aromatic heterocycles. The average Bonchev–Trinajstić information content (AvgIpc) is 3.06. The first-order valence-corrected chi connectivity index (χ1v) is 7.68. The maximum Gasteiger partial charge on any atom is 0.254 e. The van der Waals surface area contributed by atoms with Crippen molar-refractivity contribution in [3.05, 3.63) is 83.1 Å². The van der Waals surface area contributed by atoms with E-state index in [1.54, 1.807) is 17.1 Å². The molecule has 116 valence electrons. The number of para-hydroxylation sites is 1. The van der Waals surface area contributed by atoms with Gasteiger partial charge in [0.1, 0.15) is 0 Å². The van der Waals surface area contributed by atoms with Gasteiger partial charge in [-0.15, -0.1) is 0 Å². The summed E-state index contributed by atoms with van der Waals surface area (Å²) in [5.74, 6) is -0.167. The first kappa shape index (κ1) is 15.3. The lowest BCUT2D eigenvalue weighted by Crippen LogP contribution is -2.26. The van der Waals surface area contributed by atoms with Gasteiger partial charge in [0.05, 0.1) is 23.5 Å². The quantitative estimate of drug-likeness (QED) is 0.787. The molecule has 1 unspecified atom stereocenters. The summed E-state index contributed by atoms with van der Waals surface area (Å²) >= 11 is 5.99. The first-order valence-electron chi connectivity index (χ1n) is 7.30. The summed E-state index contributed by atoms with van der Waals surface area (Å²) in [6, 6.07) is 17.0. The summed E-state index contributed by atoms with van der Waals surface area (Å²) in [6.07, 6.45) is 3.28. The lowest BCUT2D eigenvalue weighted by atomic mass is 10.1. The Kier molecular flexibility index (Phi) is 4.44. The molecule has 0 saturated heterocycles. The van der Waals surface area contributed by atoms with Gasteiger partial charge in [-0.05, 0) is 36.8 Å². The highest BCUT2D eigenvalue weighted by atomic mass is 35.5. The average molecular weight is 326 g/mol. The second kappa shape index (κ2) is 6.67. The van der Waals surface area contributed by atoms with Crippen LogP contribution in [0.4, 0.5) is 0 Å². The van der Waals surface area contributed by atoms with Crippen LogP contribution in [0.15, 0.2) is 67.0 Å². The van der Waals surface area contributed by atoms with Gasteiger partial charge in [-0.3, -0.25) is 4.79 Å². The zero-order valence-electron chi connectivity index (χ0n) is 12.6. The molecular weight excluding hydrogens is 310 g/mol. The molecule has 5 heteroatoms. The molecule has 0 radical (unpaired) electrons. The second-order valence-corrected chi connectivity index (χ2v) is 5.70. The van der Waals surface area contributed by atoms with Crippen molar-refractivity contribution in [2.45, 2.75) is 13.0 Å². The van der Waals surface area contributed by atoms with E-state index in [1.807, 2.05) is 61.5 Å². The Morgan fingerprint density at radius 2 is 1.96 bits per heavy atom. The molecule has 4 nitrogen and oxygen atoms in total. The van der Waals surface area contributed by atoms with Crippen LogP contribution in [-0.2, 0) is 0 Å². The Hall–Kier alpha value is -2.59. The van der Waals surface area contributed by atoms with Crippen molar-refractivity contribution in [3.8, 4) is 5.69 Å². The van der Waals surface area contributed by atoms with Crippen LogP contribution in [0, 0.1) is 0 Å². The van der Waals surface area contributed by atoms with E-state index in [0.29, 0.717) is 10.6 Å². The molecule has 1 atom stereocenters. The Labute approximate surface area is 139 Å². The van der Waals surface area contributed by atoms with Gasteiger partial charge < -0.3 is 5.32 Å². The third-order valence-electron chi connectivity index (χ3n) is 3.56. The van der Waals surface area contributed by atoms with Gasteiger partial charge in [0.25, 0.3) is 5.91 Å². The van der Waals surface area contributed by atoms with Crippen molar-refractivity contribution in [2.24, 2.45) is 0 Å². The highest BCUT2D eigenvalue weighted by Gasteiger charge is 2.13. The van der Waals surface area contributed by atoms with Crippen LogP contribution in [0.1, 0.15) is 28.9 Å². The molecule has 1 heterocycles. The van der Waals surface area contributed by atoms with E-state index in [1.165, 1.54) is 0 Å². The summed E-state index contributed by atoms with van der Waals surface area (Å²) in [4.78, 5) is 12.4. The monoisotopic (exact) mass is 325 g/mol. The van der Waals surface area contributed by atoms with E-state index in [-0.39, 0.29) is 11.9 Å². The molecule has 0 saturated carbocycles. The number of hydrogen-bond donors (Lipinski definition) is 1. The van der Waals surface area contributed by atoms with Gasteiger partial charge in [-0.25, -0.2) is 4.68 Å². The molecular formula is C18H16ClN3O. The molecule has 0 aliphatic rings. The standard InChI is InChI=1S/C18H16ClN3O/c1-13(14-6-5-7-16(19)10-14)21-18(23)15-11-20-22(12-15)17-8-3-2-4-9-17/h2-13H,1H3,(H,21,23). The smallest absolute Gasteiger partial charge is 0.254 e. The Bertz CT molecular complexity index is 814. The largest absolute Gasteiger partial charge is 0.345 e. The normalized spacial score (nSPS) is 11.9. The molecule has 0 spiro atoms. The van der Waals surface area contributed by atoms with Crippen LogP contribution in [0.3, 0.4) is 0 Å². The number of rotatable bonds is 4. The van der Waals surface area contributed by atoms with Crippen LogP contribution in [0.2, 0.25) is 5.02 Å². The maximum absolute atomic E-state index is 12.4. The highest BCUT2D eigenvalue weighted by Crippen LogP contribution is 2.18. The zero-order chi connectivity index (χ0) is 16.2. The van der Waals surface area contributed by atoms with E-state index >= 15 is 0 Å². The van der Waals surface area contributed by atoms with Crippen molar-refractivity contribution in [1.82, 2.24) is 15.1 Å². The van der Waals surface area contributed by atoms with Crippen LogP contribution in [0.25, 0.3) is 5.69 Å². The summed E-state index contributed by atoms with van der Waals surface area (Å²) < 4.78 is 1.68. The van der Waals surface area contributed by atoms with Crippen molar-refractivity contribution < 1.29 is 4.79 Å². The molecule has 0 fully saturated rings. The van der Waals surface area contributed by atoms with Crippen molar-refractivity contribution in [2.75, 3.05) is 0 Å². The SMILES string of the molecule is CC(NC(=O)c1cnn(-c2ccccc2)c1)c1cccc(Cl)c1. The number of benzene rings is 2. The summed E-state index contributed by atoms with van der Waals surface area (Å²) in [5, 5.41) is 7.84. The minimum Gasteiger partial charge on any atom is -0.345 e. The van der Waals surface area contributed by atoms with Crippen molar-refractivity contribution >= 4 is 17.5 Å². The molecule has 1 N–H and O–H groups in total. The molecule has 0 aliphatic carbocycles. The van der Waals surface area contributed by atoms with Crippen LogP contribution in [-0.4, -0.2) is 15.7 Å². The topological polar surface area (TPSA) is 46.9 Å². The van der Waals surface area contributed by atoms with Crippen LogP contribution >= 0.6 is 11.6 Å². The zero-order valence-corrected chi connectivity index (χ0v) is 13.4. The second-order valence-electron chi connectivity index (χ2n) is 5.26. The fraction of sp³-hybridized carbons (Fsp3) is 0.111. The van der Waals surface area contributed by atoms with E-state index < -0.39 is 0 Å². The highest BCUT2D eigenvalue weighted by molar-refractivity contribution is 6.30. The fourth-order valence-corrected chi connectivity index (χ4v) is 2.50. The summed E-state index contributed by atoms with van der Waals surface area (Å²) in [6.45, 7) is 1.92. The van der Waals surface area contributed by atoms with Crippen molar-refractivity contribution in [3.63, 3.8) is 0 Å². The van der Waals surface area contributed by atoms with Crippen LogP contribution in [0.5, 0.6) is 0 Å². The predicted molar refractivity (Wildman–Crippen MR) is 90.9 cm³/mol. The van der Waals surface area contributed by atoms with Gasteiger partial charge in [-0.1, -0.05) is 41.9 Å².